The molecule has 0 amide bonds. The van der Waals surface area contributed by atoms with Crippen molar-refractivity contribution >= 4 is 0 Å². The molecule has 0 aromatic heterocycles. The van der Waals surface area contributed by atoms with Crippen molar-refractivity contribution in [3.05, 3.63) is 29.8 Å². The molecule has 0 aliphatic carbocycles. The van der Waals surface area contributed by atoms with E-state index in [2.05, 4.69) is 30.6 Å². The highest BCUT2D eigenvalue weighted by Crippen LogP contribution is 2.12. The van der Waals surface area contributed by atoms with Crippen molar-refractivity contribution in [2.24, 2.45) is 0 Å². The quantitative estimate of drug-likeness (QED) is 0.763. The molecule has 1 aromatic carbocycles. The van der Waals surface area contributed by atoms with E-state index in [1.54, 1.807) is 0 Å². The first-order valence-corrected chi connectivity index (χ1v) is 6.85. The van der Waals surface area contributed by atoms with Crippen LogP contribution in [0.4, 0.5) is 0 Å². The van der Waals surface area contributed by atoms with Crippen molar-refractivity contribution in [3.8, 4) is 17.6 Å². The summed E-state index contributed by atoms with van der Waals surface area (Å²) in [6.07, 6.45) is 0.507. The van der Waals surface area contributed by atoms with Gasteiger partial charge < -0.3 is 14.7 Å². The Labute approximate surface area is 116 Å². The fourth-order valence-corrected chi connectivity index (χ4v) is 1.72. The minimum Gasteiger partial charge on any atom is -0.492 e. The average Bonchev–Trinajstić information content (AvgIpc) is 2.44. The molecule has 1 aromatic rings. The smallest absolute Gasteiger partial charge is 0.120 e. The molecule has 0 saturated heterocycles. The maximum Gasteiger partial charge on any atom is 0.120 e. The highest BCUT2D eigenvalue weighted by atomic mass is 16.5. The molecule has 0 fully saturated rings. The molecule has 104 valence electrons. The van der Waals surface area contributed by atoms with E-state index >= 15 is 0 Å². The Bertz CT molecular complexity index is 416. The fraction of sp³-hybridized carbons (Fsp3) is 0.500. The van der Waals surface area contributed by atoms with Crippen LogP contribution in [0.1, 0.15) is 25.8 Å². The Kier molecular flexibility index (Phi) is 7.72. The molecular formula is C16H23NO2. The van der Waals surface area contributed by atoms with Gasteiger partial charge in [0.2, 0.25) is 0 Å². The van der Waals surface area contributed by atoms with Gasteiger partial charge in [0.05, 0.1) is 6.61 Å². The van der Waals surface area contributed by atoms with Crippen LogP contribution >= 0.6 is 0 Å². The second-order valence-corrected chi connectivity index (χ2v) is 4.18. The number of ether oxygens (including phenoxy) is 1. The molecule has 19 heavy (non-hydrogen) atoms. The molecule has 0 radical (unpaired) electrons. The first kappa shape index (κ1) is 15.6. The van der Waals surface area contributed by atoms with Crippen LogP contribution in [0.3, 0.4) is 0 Å². The molecule has 1 N–H and O–H groups in total. The van der Waals surface area contributed by atoms with Crippen LogP contribution in [0.25, 0.3) is 0 Å². The highest BCUT2D eigenvalue weighted by Gasteiger charge is 1.99. The summed E-state index contributed by atoms with van der Waals surface area (Å²) in [6.45, 7) is 8.14. The lowest BCUT2D eigenvalue weighted by atomic mass is 10.2. The fourth-order valence-electron chi connectivity index (χ4n) is 1.72. The van der Waals surface area contributed by atoms with Crippen LogP contribution in [0, 0.1) is 11.8 Å². The van der Waals surface area contributed by atoms with E-state index in [9.17, 15) is 0 Å². The molecule has 0 aliphatic rings. The zero-order valence-electron chi connectivity index (χ0n) is 11.9. The lowest BCUT2D eigenvalue weighted by molar-refractivity contribution is 0.223. The second-order valence-electron chi connectivity index (χ2n) is 4.18. The van der Waals surface area contributed by atoms with Crippen molar-refractivity contribution in [2.45, 2.75) is 20.3 Å². The molecule has 0 saturated carbocycles. The third kappa shape index (κ3) is 6.28. The number of benzene rings is 1. The first-order valence-electron chi connectivity index (χ1n) is 6.85. The average molecular weight is 261 g/mol. The van der Waals surface area contributed by atoms with Crippen molar-refractivity contribution < 1.29 is 9.84 Å². The van der Waals surface area contributed by atoms with Gasteiger partial charge in [-0.25, -0.2) is 0 Å². The van der Waals surface area contributed by atoms with Crippen LogP contribution in [0.5, 0.6) is 5.75 Å². The summed E-state index contributed by atoms with van der Waals surface area (Å²) in [7, 11) is 0. The number of hydrogen-bond donors (Lipinski definition) is 1. The van der Waals surface area contributed by atoms with Crippen LogP contribution in [-0.2, 0) is 0 Å². The van der Waals surface area contributed by atoms with Gasteiger partial charge in [-0.1, -0.05) is 31.8 Å². The molecule has 0 atom stereocenters. The zero-order chi connectivity index (χ0) is 13.9. The number of likely N-dealkylation sites (N-methyl/N-ethyl adjacent to an activating group) is 1. The lowest BCUT2D eigenvalue weighted by Gasteiger charge is -2.18. The van der Waals surface area contributed by atoms with Crippen molar-refractivity contribution in [1.82, 2.24) is 4.90 Å². The molecule has 0 unspecified atom stereocenters. The number of rotatable bonds is 7. The van der Waals surface area contributed by atoms with E-state index in [1.165, 1.54) is 0 Å². The number of nitrogens with zero attached hydrogens (tertiary/aromatic N) is 1. The van der Waals surface area contributed by atoms with Crippen LogP contribution < -0.4 is 4.74 Å². The highest BCUT2D eigenvalue weighted by molar-refractivity contribution is 5.39. The normalized spacial score (nSPS) is 10.1. The van der Waals surface area contributed by atoms with Gasteiger partial charge in [-0.05, 0) is 31.3 Å². The molecule has 3 nitrogen and oxygen atoms in total. The second kappa shape index (κ2) is 9.43. The van der Waals surface area contributed by atoms with Gasteiger partial charge in [-0.3, -0.25) is 0 Å². The maximum atomic E-state index is 8.68. The summed E-state index contributed by atoms with van der Waals surface area (Å²) in [5, 5.41) is 8.68. The van der Waals surface area contributed by atoms with Crippen LogP contribution in [-0.4, -0.2) is 42.9 Å². The van der Waals surface area contributed by atoms with Crippen molar-refractivity contribution in [2.75, 3.05) is 32.8 Å². The van der Waals surface area contributed by atoms with Gasteiger partial charge >= 0.3 is 0 Å². The predicted octanol–water partition coefficient (Wildman–Crippen LogP) is 2.14. The van der Waals surface area contributed by atoms with Gasteiger partial charge in [0.1, 0.15) is 12.4 Å². The van der Waals surface area contributed by atoms with Gasteiger partial charge in [-0.15, -0.1) is 0 Å². The van der Waals surface area contributed by atoms with Gasteiger partial charge in [0, 0.05) is 18.5 Å². The number of aliphatic hydroxyl groups excluding tert-OH is 1. The Morgan fingerprint density at radius 3 is 2.74 bits per heavy atom. The van der Waals surface area contributed by atoms with E-state index in [-0.39, 0.29) is 6.61 Å². The molecule has 0 aliphatic heterocycles. The van der Waals surface area contributed by atoms with E-state index < -0.39 is 0 Å². The van der Waals surface area contributed by atoms with E-state index in [1.807, 2.05) is 24.3 Å². The summed E-state index contributed by atoms with van der Waals surface area (Å²) >= 11 is 0. The van der Waals surface area contributed by atoms with Crippen molar-refractivity contribution in [3.63, 3.8) is 0 Å². The SMILES string of the molecule is CCN(CC)CCOc1cccc(C#CCCO)c1. The summed E-state index contributed by atoms with van der Waals surface area (Å²) < 4.78 is 5.73. The van der Waals surface area contributed by atoms with Crippen LogP contribution in [0.15, 0.2) is 24.3 Å². The Morgan fingerprint density at radius 1 is 1.26 bits per heavy atom. The summed E-state index contributed by atoms with van der Waals surface area (Å²) in [6, 6.07) is 7.77. The third-order valence-electron chi connectivity index (χ3n) is 2.87. The minimum atomic E-state index is 0.104. The lowest BCUT2D eigenvalue weighted by Crippen LogP contribution is -2.27. The topological polar surface area (TPSA) is 32.7 Å². The molecular weight excluding hydrogens is 238 g/mol. The van der Waals surface area contributed by atoms with E-state index in [0.717, 1.165) is 30.9 Å². The van der Waals surface area contributed by atoms with E-state index in [0.29, 0.717) is 13.0 Å². The number of hydrogen-bond acceptors (Lipinski definition) is 3. The van der Waals surface area contributed by atoms with Gasteiger partial charge in [0.25, 0.3) is 0 Å². The molecule has 0 heterocycles. The third-order valence-corrected chi connectivity index (χ3v) is 2.87. The standard InChI is InChI=1S/C16H23NO2/c1-3-17(4-2)11-13-19-16-10-7-9-15(14-16)8-5-6-12-18/h7,9-10,14,18H,3-4,6,11-13H2,1-2H3. The number of aliphatic hydroxyl groups is 1. The monoisotopic (exact) mass is 261 g/mol. The Morgan fingerprint density at radius 2 is 2.05 bits per heavy atom. The zero-order valence-corrected chi connectivity index (χ0v) is 11.9. The maximum absolute atomic E-state index is 8.68. The molecule has 1 rings (SSSR count). The molecule has 0 bridgehead atoms. The Hall–Kier alpha value is -1.50. The Balaban J connectivity index is 2.46. The van der Waals surface area contributed by atoms with Gasteiger partial charge in [0.15, 0.2) is 0 Å². The summed E-state index contributed by atoms with van der Waals surface area (Å²) in [5.74, 6) is 6.76. The predicted molar refractivity (Wildman–Crippen MR) is 78.3 cm³/mol. The first-order chi connectivity index (χ1) is 9.30. The summed E-state index contributed by atoms with van der Waals surface area (Å²) in [4.78, 5) is 2.32. The van der Waals surface area contributed by atoms with Gasteiger partial charge in [-0.2, -0.15) is 0 Å². The van der Waals surface area contributed by atoms with Crippen molar-refractivity contribution in [1.29, 1.82) is 0 Å². The minimum absolute atomic E-state index is 0.104. The van der Waals surface area contributed by atoms with Crippen LogP contribution in [0.2, 0.25) is 0 Å². The van der Waals surface area contributed by atoms with E-state index in [4.69, 9.17) is 9.84 Å². The largest absolute Gasteiger partial charge is 0.492 e. The summed E-state index contributed by atoms with van der Waals surface area (Å²) in [5.41, 5.74) is 0.925. The molecule has 3 heteroatoms. The molecule has 0 spiro atoms.